The largest absolute Gasteiger partial charge is 0.327 e. The summed E-state index contributed by atoms with van der Waals surface area (Å²) >= 11 is 0. The molecule has 0 N–H and O–H groups in total. The summed E-state index contributed by atoms with van der Waals surface area (Å²) in [4.78, 5) is 15.7. The molecular formula is C10H14N2O. The molecule has 1 aromatic rings. The first kappa shape index (κ1) is 8.48. The molecule has 0 spiro atoms. The van der Waals surface area contributed by atoms with E-state index in [0.29, 0.717) is 5.78 Å². The lowest BCUT2D eigenvalue weighted by atomic mass is 9.94. The highest BCUT2D eigenvalue weighted by atomic mass is 16.1. The predicted octanol–water partition coefficient (Wildman–Crippen LogP) is 1.88. The number of carbonyl (C=O) groups excluding carboxylic acids is 1. The molecule has 0 aromatic carbocycles. The SMILES string of the molecule is Cc1cn(C2CCCCC2=O)cn1. The molecular weight excluding hydrogens is 164 g/mol. The number of aryl methyl sites for hydroxylation is 1. The van der Waals surface area contributed by atoms with E-state index in [-0.39, 0.29) is 6.04 Å². The Kier molecular flexibility index (Phi) is 2.17. The van der Waals surface area contributed by atoms with Crippen molar-refractivity contribution in [2.75, 3.05) is 0 Å². The van der Waals surface area contributed by atoms with Gasteiger partial charge in [-0.1, -0.05) is 6.42 Å². The van der Waals surface area contributed by atoms with E-state index in [1.165, 1.54) is 0 Å². The highest BCUT2D eigenvalue weighted by Crippen LogP contribution is 2.24. The molecule has 3 heteroatoms. The standard InChI is InChI=1S/C10H14N2O/c1-8-6-12(7-11-8)9-4-2-3-5-10(9)13/h6-7,9H,2-5H2,1H3. The zero-order chi connectivity index (χ0) is 9.26. The van der Waals surface area contributed by atoms with Gasteiger partial charge in [0.15, 0.2) is 5.78 Å². The van der Waals surface area contributed by atoms with Crippen LogP contribution in [0.3, 0.4) is 0 Å². The van der Waals surface area contributed by atoms with Gasteiger partial charge < -0.3 is 4.57 Å². The third-order valence-electron chi connectivity index (χ3n) is 2.61. The Morgan fingerprint density at radius 1 is 1.54 bits per heavy atom. The topological polar surface area (TPSA) is 34.9 Å². The first-order valence-corrected chi connectivity index (χ1v) is 4.80. The lowest BCUT2D eigenvalue weighted by molar-refractivity contribution is -0.123. The van der Waals surface area contributed by atoms with Crippen molar-refractivity contribution in [2.24, 2.45) is 0 Å². The van der Waals surface area contributed by atoms with Gasteiger partial charge in [0.05, 0.1) is 18.1 Å². The maximum absolute atomic E-state index is 11.6. The van der Waals surface area contributed by atoms with Gasteiger partial charge in [0.25, 0.3) is 0 Å². The summed E-state index contributed by atoms with van der Waals surface area (Å²) in [6.07, 6.45) is 7.66. The van der Waals surface area contributed by atoms with Crippen LogP contribution in [0.5, 0.6) is 0 Å². The van der Waals surface area contributed by atoms with Gasteiger partial charge in [0, 0.05) is 12.6 Å². The van der Waals surface area contributed by atoms with E-state index in [1.807, 2.05) is 17.7 Å². The highest BCUT2D eigenvalue weighted by Gasteiger charge is 2.23. The van der Waals surface area contributed by atoms with Crippen molar-refractivity contribution >= 4 is 5.78 Å². The van der Waals surface area contributed by atoms with Crippen LogP contribution in [-0.4, -0.2) is 15.3 Å². The van der Waals surface area contributed by atoms with E-state index in [4.69, 9.17) is 0 Å². The van der Waals surface area contributed by atoms with Crippen LogP contribution in [-0.2, 0) is 4.79 Å². The van der Waals surface area contributed by atoms with E-state index < -0.39 is 0 Å². The second-order valence-electron chi connectivity index (χ2n) is 3.69. The van der Waals surface area contributed by atoms with Crippen molar-refractivity contribution in [3.05, 3.63) is 18.2 Å². The number of rotatable bonds is 1. The molecule has 2 rings (SSSR count). The third kappa shape index (κ3) is 1.64. The second-order valence-corrected chi connectivity index (χ2v) is 3.69. The molecule has 1 atom stereocenters. The third-order valence-corrected chi connectivity index (χ3v) is 2.61. The predicted molar refractivity (Wildman–Crippen MR) is 49.5 cm³/mol. The monoisotopic (exact) mass is 178 g/mol. The van der Waals surface area contributed by atoms with Gasteiger partial charge in [-0.15, -0.1) is 0 Å². The first-order valence-electron chi connectivity index (χ1n) is 4.80. The van der Waals surface area contributed by atoms with Gasteiger partial charge in [-0.25, -0.2) is 4.98 Å². The van der Waals surface area contributed by atoms with E-state index in [1.54, 1.807) is 6.33 Å². The Balaban J connectivity index is 2.19. The number of imidazole rings is 1. The average molecular weight is 178 g/mol. The Hall–Kier alpha value is -1.12. The summed E-state index contributed by atoms with van der Waals surface area (Å²) in [5.41, 5.74) is 0.985. The van der Waals surface area contributed by atoms with Crippen LogP contribution in [0, 0.1) is 6.92 Å². The molecule has 1 unspecified atom stereocenters. The zero-order valence-corrected chi connectivity index (χ0v) is 7.86. The number of nitrogens with zero attached hydrogens (tertiary/aromatic N) is 2. The molecule has 0 amide bonds. The van der Waals surface area contributed by atoms with Crippen molar-refractivity contribution in [1.29, 1.82) is 0 Å². The van der Waals surface area contributed by atoms with Crippen molar-refractivity contribution < 1.29 is 4.79 Å². The number of hydrogen-bond acceptors (Lipinski definition) is 2. The molecule has 70 valence electrons. The van der Waals surface area contributed by atoms with Crippen LogP contribution < -0.4 is 0 Å². The van der Waals surface area contributed by atoms with Crippen molar-refractivity contribution in [1.82, 2.24) is 9.55 Å². The summed E-state index contributed by atoms with van der Waals surface area (Å²) in [5, 5.41) is 0. The Labute approximate surface area is 77.8 Å². The zero-order valence-electron chi connectivity index (χ0n) is 7.86. The maximum Gasteiger partial charge on any atom is 0.155 e. The summed E-state index contributed by atoms with van der Waals surface area (Å²) < 4.78 is 1.96. The minimum absolute atomic E-state index is 0.0648. The van der Waals surface area contributed by atoms with Crippen LogP contribution in [0.2, 0.25) is 0 Å². The van der Waals surface area contributed by atoms with E-state index in [9.17, 15) is 4.79 Å². The normalized spacial score (nSPS) is 23.5. The smallest absolute Gasteiger partial charge is 0.155 e. The number of hydrogen-bond donors (Lipinski definition) is 0. The number of Topliss-reactive ketones (excluding diaryl/α,β-unsaturated/α-hetero) is 1. The summed E-state index contributed by atoms with van der Waals surface area (Å²) in [6, 6.07) is 0.0648. The summed E-state index contributed by atoms with van der Waals surface area (Å²) in [7, 11) is 0. The molecule has 1 saturated carbocycles. The van der Waals surface area contributed by atoms with Gasteiger partial charge in [-0.3, -0.25) is 4.79 Å². The van der Waals surface area contributed by atoms with Crippen molar-refractivity contribution in [3.8, 4) is 0 Å². The Morgan fingerprint density at radius 2 is 2.38 bits per heavy atom. The molecule has 0 radical (unpaired) electrons. The lowest BCUT2D eigenvalue weighted by Crippen LogP contribution is -2.21. The van der Waals surface area contributed by atoms with Crippen molar-refractivity contribution in [3.63, 3.8) is 0 Å². The highest BCUT2D eigenvalue weighted by molar-refractivity contribution is 5.83. The number of ketones is 1. The van der Waals surface area contributed by atoms with Crippen molar-refractivity contribution in [2.45, 2.75) is 38.6 Å². The molecule has 0 aliphatic heterocycles. The molecule has 1 aromatic heterocycles. The maximum atomic E-state index is 11.6. The van der Waals surface area contributed by atoms with Gasteiger partial charge in [-0.2, -0.15) is 0 Å². The molecule has 13 heavy (non-hydrogen) atoms. The summed E-state index contributed by atoms with van der Waals surface area (Å²) in [6.45, 7) is 1.95. The minimum Gasteiger partial charge on any atom is -0.327 e. The molecule has 1 aliphatic carbocycles. The molecule has 0 saturated heterocycles. The van der Waals surface area contributed by atoms with Crippen LogP contribution >= 0.6 is 0 Å². The average Bonchev–Trinajstić information content (AvgIpc) is 2.53. The molecule has 1 fully saturated rings. The fraction of sp³-hybridized carbons (Fsp3) is 0.600. The summed E-state index contributed by atoms with van der Waals surface area (Å²) in [5.74, 6) is 0.364. The van der Waals surface area contributed by atoms with Gasteiger partial charge in [0.2, 0.25) is 0 Å². The molecule has 3 nitrogen and oxygen atoms in total. The fourth-order valence-electron chi connectivity index (χ4n) is 1.89. The molecule has 1 heterocycles. The van der Waals surface area contributed by atoms with Gasteiger partial charge >= 0.3 is 0 Å². The minimum atomic E-state index is 0.0648. The quantitative estimate of drug-likeness (QED) is 0.658. The van der Waals surface area contributed by atoms with E-state index in [2.05, 4.69) is 4.98 Å². The lowest BCUT2D eigenvalue weighted by Gasteiger charge is -2.21. The number of carbonyl (C=O) groups is 1. The van der Waals surface area contributed by atoms with Gasteiger partial charge in [-0.05, 0) is 19.8 Å². The Bertz CT molecular complexity index is 316. The van der Waals surface area contributed by atoms with Gasteiger partial charge in [0.1, 0.15) is 0 Å². The molecule has 0 bridgehead atoms. The Morgan fingerprint density at radius 3 is 3.00 bits per heavy atom. The van der Waals surface area contributed by atoms with E-state index >= 15 is 0 Å². The second kappa shape index (κ2) is 3.32. The fourth-order valence-corrected chi connectivity index (χ4v) is 1.89. The van der Waals surface area contributed by atoms with Crippen LogP contribution in [0.4, 0.5) is 0 Å². The van der Waals surface area contributed by atoms with Crippen LogP contribution in [0.1, 0.15) is 37.4 Å². The van der Waals surface area contributed by atoms with Crippen LogP contribution in [0.15, 0.2) is 12.5 Å². The first-order chi connectivity index (χ1) is 6.27. The van der Waals surface area contributed by atoms with E-state index in [0.717, 1.165) is 31.4 Å². The number of aromatic nitrogens is 2. The van der Waals surface area contributed by atoms with Crippen LogP contribution in [0.25, 0.3) is 0 Å². The molecule has 1 aliphatic rings.